The van der Waals surface area contributed by atoms with E-state index in [1.165, 1.54) is 5.56 Å². The first-order valence-corrected chi connectivity index (χ1v) is 7.88. The molecule has 0 bridgehead atoms. The number of nitrogens with zero attached hydrogens (tertiary/aromatic N) is 1. The van der Waals surface area contributed by atoms with E-state index in [1.807, 2.05) is 13.1 Å². The largest absolute Gasteiger partial charge is 0.305 e. The Morgan fingerprint density at radius 3 is 2.85 bits per heavy atom. The first-order chi connectivity index (χ1) is 9.56. The van der Waals surface area contributed by atoms with Crippen LogP contribution in [0.3, 0.4) is 0 Å². The van der Waals surface area contributed by atoms with Crippen LogP contribution in [0.2, 0.25) is 0 Å². The number of thiazole rings is 1. The minimum atomic E-state index is -0.249. The van der Waals surface area contributed by atoms with Gasteiger partial charge in [-0.1, -0.05) is 19.9 Å². The Morgan fingerprint density at radius 2 is 2.20 bits per heavy atom. The first kappa shape index (κ1) is 13.7. The maximum absolute atomic E-state index is 13.4. The fourth-order valence-corrected chi connectivity index (χ4v) is 4.21. The van der Waals surface area contributed by atoms with Crippen molar-refractivity contribution >= 4 is 11.3 Å². The number of rotatable bonds is 3. The Morgan fingerprint density at radius 1 is 1.40 bits per heavy atom. The number of aryl methyl sites for hydroxylation is 1. The van der Waals surface area contributed by atoms with E-state index in [4.69, 9.17) is 4.98 Å². The third-order valence-electron chi connectivity index (χ3n) is 4.20. The molecule has 0 saturated heterocycles. The summed E-state index contributed by atoms with van der Waals surface area (Å²) in [5.74, 6) is 0.278. The molecular weight excluding hydrogens is 271 g/mol. The van der Waals surface area contributed by atoms with Crippen LogP contribution in [-0.2, 0) is 12.0 Å². The van der Waals surface area contributed by atoms with Gasteiger partial charge < -0.3 is 5.32 Å². The topological polar surface area (TPSA) is 24.9 Å². The molecule has 3 rings (SSSR count). The van der Waals surface area contributed by atoms with Crippen molar-refractivity contribution in [2.24, 2.45) is 0 Å². The lowest BCUT2D eigenvalue weighted by atomic mass is 9.92. The quantitative estimate of drug-likeness (QED) is 0.929. The molecule has 1 heterocycles. The van der Waals surface area contributed by atoms with Gasteiger partial charge in [0.2, 0.25) is 0 Å². The van der Waals surface area contributed by atoms with Crippen LogP contribution in [0.15, 0.2) is 23.6 Å². The average molecular weight is 290 g/mol. The number of nitrogens with one attached hydrogen (secondary N) is 1. The molecule has 0 aliphatic heterocycles. The number of hydrogen-bond acceptors (Lipinski definition) is 3. The molecule has 2 aromatic rings. The average Bonchev–Trinajstić information content (AvgIpc) is 3.03. The normalized spacial score (nSPS) is 21.4. The number of fused-ring (bicyclic) bond motifs is 1. The summed E-state index contributed by atoms with van der Waals surface area (Å²) in [6, 6.07) is 5.11. The van der Waals surface area contributed by atoms with Crippen molar-refractivity contribution in [3.05, 3.63) is 51.2 Å². The molecule has 1 atom stereocenters. The van der Waals surface area contributed by atoms with Gasteiger partial charge in [0, 0.05) is 5.38 Å². The van der Waals surface area contributed by atoms with E-state index in [-0.39, 0.29) is 11.4 Å². The number of halogens is 1. The highest BCUT2D eigenvalue weighted by Gasteiger charge is 2.41. The lowest BCUT2D eigenvalue weighted by Crippen LogP contribution is -2.39. The van der Waals surface area contributed by atoms with Gasteiger partial charge in [-0.15, -0.1) is 11.3 Å². The summed E-state index contributed by atoms with van der Waals surface area (Å²) >= 11 is 1.70. The number of aromatic nitrogens is 1. The molecule has 1 unspecified atom stereocenters. The van der Waals surface area contributed by atoms with Gasteiger partial charge in [-0.2, -0.15) is 0 Å². The van der Waals surface area contributed by atoms with E-state index in [1.54, 1.807) is 23.5 Å². The molecule has 0 amide bonds. The van der Waals surface area contributed by atoms with E-state index >= 15 is 0 Å². The van der Waals surface area contributed by atoms with Gasteiger partial charge in [-0.3, -0.25) is 0 Å². The predicted molar refractivity (Wildman–Crippen MR) is 80.8 cm³/mol. The standard InChI is InChI=1S/C16H19FN2S/c1-10(2)14-9-20-15(19-14)16(18-3)7-6-11-8-12(17)4-5-13(11)16/h4-5,8-10,18H,6-7H2,1-3H3. The van der Waals surface area contributed by atoms with E-state index in [0.717, 1.165) is 29.1 Å². The molecule has 20 heavy (non-hydrogen) atoms. The van der Waals surface area contributed by atoms with Crippen molar-refractivity contribution in [2.45, 2.75) is 38.1 Å². The minimum Gasteiger partial charge on any atom is -0.305 e. The highest BCUT2D eigenvalue weighted by Crippen LogP contribution is 2.43. The second-order valence-electron chi connectivity index (χ2n) is 5.69. The lowest BCUT2D eigenvalue weighted by molar-refractivity contribution is 0.432. The highest BCUT2D eigenvalue weighted by molar-refractivity contribution is 7.09. The summed E-state index contributed by atoms with van der Waals surface area (Å²) < 4.78 is 13.4. The summed E-state index contributed by atoms with van der Waals surface area (Å²) in [5.41, 5.74) is 3.16. The summed E-state index contributed by atoms with van der Waals surface area (Å²) in [6.07, 6.45) is 1.83. The van der Waals surface area contributed by atoms with Crippen molar-refractivity contribution in [1.82, 2.24) is 10.3 Å². The van der Waals surface area contributed by atoms with Crippen LogP contribution in [0.1, 0.15) is 48.0 Å². The van der Waals surface area contributed by atoms with Crippen LogP contribution in [0, 0.1) is 5.82 Å². The van der Waals surface area contributed by atoms with Crippen LogP contribution in [-0.4, -0.2) is 12.0 Å². The second-order valence-corrected chi connectivity index (χ2v) is 6.55. The molecule has 1 aromatic heterocycles. The molecule has 0 radical (unpaired) electrons. The molecule has 0 spiro atoms. The maximum atomic E-state index is 13.4. The predicted octanol–water partition coefficient (Wildman–Crippen LogP) is 3.81. The van der Waals surface area contributed by atoms with E-state index in [9.17, 15) is 4.39 Å². The second kappa shape index (κ2) is 4.93. The minimum absolute atomic E-state index is 0.155. The van der Waals surface area contributed by atoms with E-state index in [0.29, 0.717) is 5.92 Å². The summed E-state index contributed by atoms with van der Waals surface area (Å²) in [6.45, 7) is 4.31. The molecule has 2 nitrogen and oxygen atoms in total. The first-order valence-electron chi connectivity index (χ1n) is 7.00. The van der Waals surface area contributed by atoms with Gasteiger partial charge in [0.25, 0.3) is 0 Å². The van der Waals surface area contributed by atoms with Crippen molar-refractivity contribution < 1.29 is 4.39 Å². The zero-order valence-corrected chi connectivity index (χ0v) is 12.9. The van der Waals surface area contributed by atoms with Gasteiger partial charge in [0.05, 0.1) is 11.2 Å². The zero-order chi connectivity index (χ0) is 14.3. The Bertz CT molecular complexity index is 635. The number of benzene rings is 1. The third-order valence-corrected chi connectivity index (χ3v) is 5.22. The van der Waals surface area contributed by atoms with Crippen LogP contribution in [0.5, 0.6) is 0 Å². The van der Waals surface area contributed by atoms with Crippen LogP contribution >= 0.6 is 11.3 Å². The summed E-state index contributed by atoms with van der Waals surface area (Å²) in [5, 5.41) is 6.68. The van der Waals surface area contributed by atoms with Crippen LogP contribution in [0.25, 0.3) is 0 Å². The van der Waals surface area contributed by atoms with Gasteiger partial charge in [-0.05, 0) is 49.1 Å². The molecule has 1 N–H and O–H groups in total. The van der Waals surface area contributed by atoms with Crippen molar-refractivity contribution in [3.63, 3.8) is 0 Å². The maximum Gasteiger partial charge on any atom is 0.123 e. The molecule has 1 aromatic carbocycles. The lowest BCUT2D eigenvalue weighted by Gasteiger charge is -2.28. The smallest absolute Gasteiger partial charge is 0.123 e. The number of hydrogen-bond donors (Lipinski definition) is 1. The molecule has 1 aliphatic carbocycles. The Hall–Kier alpha value is -1.26. The highest BCUT2D eigenvalue weighted by atomic mass is 32.1. The SMILES string of the molecule is CNC1(c2nc(C(C)C)cs2)CCc2cc(F)ccc21. The summed E-state index contributed by atoms with van der Waals surface area (Å²) in [4.78, 5) is 4.82. The molecule has 106 valence electrons. The fraction of sp³-hybridized carbons (Fsp3) is 0.438. The molecule has 0 saturated carbocycles. The molecular formula is C16H19FN2S. The van der Waals surface area contributed by atoms with Gasteiger partial charge in [0.1, 0.15) is 10.8 Å². The molecule has 1 aliphatic rings. The van der Waals surface area contributed by atoms with Crippen molar-refractivity contribution in [3.8, 4) is 0 Å². The van der Waals surface area contributed by atoms with E-state index < -0.39 is 0 Å². The van der Waals surface area contributed by atoms with Gasteiger partial charge >= 0.3 is 0 Å². The summed E-state index contributed by atoms with van der Waals surface area (Å²) in [7, 11) is 1.97. The van der Waals surface area contributed by atoms with Gasteiger partial charge in [-0.25, -0.2) is 9.37 Å². The van der Waals surface area contributed by atoms with Gasteiger partial charge in [0.15, 0.2) is 0 Å². The zero-order valence-electron chi connectivity index (χ0n) is 12.0. The monoisotopic (exact) mass is 290 g/mol. The third kappa shape index (κ3) is 1.98. The Kier molecular flexibility index (Phi) is 3.38. The Labute approximate surface area is 123 Å². The molecule has 0 fully saturated rings. The van der Waals surface area contributed by atoms with E-state index in [2.05, 4.69) is 24.5 Å². The fourth-order valence-electron chi connectivity index (χ4n) is 2.98. The van der Waals surface area contributed by atoms with Crippen molar-refractivity contribution in [2.75, 3.05) is 7.05 Å². The van der Waals surface area contributed by atoms with Crippen LogP contribution < -0.4 is 5.32 Å². The Balaban J connectivity index is 2.10. The van der Waals surface area contributed by atoms with Crippen molar-refractivity contribution in [1.29, 1.82) is 0 Å². The van der Waals surface area contributed by atoms with Crippen LogP contribution in [0.4, 0.5) is 4.39 Å². The molecule has 4 heteroatoms.